The van der Waals surface area contributed by atoms with Crippen molar-refractivity contribution in [2.45, 2.75) is 25.5 Å². The van der Waals surface area contributed by atoms with Gasteiger partial charge in [0.1, 0.15) is 0 Å². The predicted molar refractivity (Wildman–Crippen MR) is 60.0 cm³/mol. The second-order valence-corrected chi connectivity index (χ2v) is 5.88. The topological polar surface area (TPSA) is 59.1 Å². The van der Waals surface area contributed by atoms with E-state index in [4.69, 9.17) is 0 Å². The Hall–Kier alpha value is -0.940. The van der Waals surface area contributed by atoms with Crippen molar-refractivity contribution >= 4 is 10.0 Å². The fraction of sp³-hybridized carbons (Fsp3) is 0.500. The molecule has 1 heterocycles. The van der Waals surface area contributed by atoms with Crippen molar-refractivity contribution in [2.24, 2.45) is 0 Å². The molecule has 1 N–H and O–H groups in total. The van der Waals surface area contributed by atoms with Gasteiger partial charge in [-0.2, -0.15) is 0 Å². The summed E-state index contributed by atoms with van der Waals surface area (Å²) < 4.78 is 25.3. The lowest BCUT2D eigenvalue weighted by atomic mass is 10.3. The van der Waals surface area contributed by atoms with Crippen LogP contribution in [0.25, 0.3) is 0 Å². The molecule has 15 heavy (non-hydrogen) atoms. The minimum absolute atomic E-state index is 0.388. The summed E-state index contributed by atoms with van der Waals surface area (Å²) in [5, 5.41) is -0.388. The Morgan fingerprint density at radius 2 is 2.13 bits per heavy atom. The van der Waals surface area contributed by atoms with Crippen molar-refractivity contribution in [3.63, 3.8) is 0 Å². The van der Waals surface area contributed by atoms with Gasteiger partial charge in [0.25, 0.3) is 0 Å². The molecule has 0 aromatic carbocycles. The van der Waals surface area contributed by atoms with Gasteiger partial charge < -0.3 is 0 Å². The average molecular weight is 228 g/mol. The van der Waals surface area contributed by atoms with Crippen LogP contribution in [0, 0.1) is 0 Å². The number of sulfonamides is 1. The fourth-order valence-corrected chi connectivity index (χ4v) is 1.75. The first kappa shape index (κ1) is 12.1. The van der Waals surface area contributed by atoms with E-state index in [0.29, 0.717) is 13.0 Å². The Morgan fingerprint density at radius 3 is 2.67 bits per heavy atom. The molecule has 0 atom stereocenters. The number of rotatable bonds is 5. The summed E-state index contributed by atoms with van der Waals surface area (Å²) in [6, 6.07) is 5.60. The van der Waals surface area contributed by atoms with Gasteiger partial charge in [0, 0.05) is 24.9 Å². The number of aromatic nitrogens is 1. The molecule has 0 aliphatic rings. The molecule has 1 aromatic rings. The van der Waals surface area contributed by atoms with Gasteiger partial charge in [-0.15, -0.1) is 0 Å². The number of hydrogen-bond acceptors (Lipinski definition) is 3. The summed E-state index contributed by atoms with van der Waals surface area (Å²) >= 11 is 0. The zero-order valence-corrected chi connectivity index (χ0v) is 9.79. The lowest BCUT2D eigenvalue weighted by Crippen LogP contribution is -2.32. The van der Waals surface area contributed by atoms with E-state index in [-0.39, 0.29) is 5.25 Å². The Labute approximate surface area is 90.8 Å². The van der Waals surface area contributed by atoms with E-state index < -0.39 is 10.0 Å². The van der Waals surface area contributed by atoms with Crippen LogP contribution in [0.2, 0.25) is 0 Å². The zero-order valence-electron chi connectivity index (χ0n) is 8.97. The maximum atomic E-state index is 11.4. The molecular formula is C10H16N2O2S. The molecule has 0 aliphatic carbocycles. The van der Waals surface area contributed by atoms with Crippen LogP contribution >= 0.6 is 0 Å². The predicted octanol–water partition coefficient (Wildman–Crippen LogP) is 0.952. The van der Waals surface area contributed by atoms with Crippen molar-refractivity contribution in [1.29, 1.82) is 0 Å². The van der Waals surface area contributed by atoms with Gasteiger partial charge in [-0.1, -0.05) is 6.07 Å². The summed E-state index contributed by atoms with van der Waals surface area (Å²) in [7, 11) is -3.15. The van der Waals surface area contributed by atoms with E-state index in [1.54, 1.807) is 20.0 Å². The second kappa shape index (κ2) is 5.23. The highest BCUT2D eigenvalue weighted by atomic mass is 32.2. The molecule has 84 valence electrons. The SMILES string of the molecule is CC(C)S(=O)(=O)NCCc1ccccn1. The van der Waals surface area contributed by atoms with Crippen LogP contribution < -0.4 is 4.72 Å². The van der Waals surface area contributed by atoms with Gasteiger partial charge >= 0.3 is 0 Å². The van der Waals surface area contributed by atoms with Crippen LogP contribution in [-0.2, 0) is 16.4 Å². The van der Waals surface area contributed by atoms with Gasteiger partial charge in [-0.05, 0) is 26.0 Å². The molecule has 1 aromatic heterocycles. The molecular weight excluding hydrogens is 212 g/mol. The van der Waals surface area contributed by atoms with Crippen LogP contribution in [0.1, 0.15) is 19.5 Å². The molecule has 0 fully saturated rings. The first-order valence-corrected chi connectivity index (χ1v) is 6.45. The van der Waals surface area contributed by atoms with Crippen molar-refractivity contribution in [3.05, 3.63) is 30.1 Å². The first-order chi connectivity index (χ1) is 7.02. The Kier molecular flexibility index (Phi) is 4.23. The quantitative estimate of drug-likeness (QED) is 0.816. The Bertz CT molecular complexity index is 387. The van der Waals surface area contributed by atoms with Crippen LogP contribution in [0.15, 0.2) is 24.4 Å². The van der Waals surface area contributed by atoms with Gasteiger partial charge in [0.05, 0.1) is 5.25 Å². The first-order valence-electron chi connectivity index (χ1n) is 4.91. The van der Waals surface area contributed by atoms with Crippen LogP contribution in [0.5, 0.6) is 0 Å². The van der Waals surface area contributed by atoms with E-state index in [1.165, 1.54) is 0 Å². The lowest BCUT2D eigenvalue weighted by molar-refractivity contribution is 0.572. The molecule has 0 unspecified atom stereocenters. The fourth-order valence-electron chi connectivity index (χ4n) is 1.03. The van der Waals surface area contributed by atoms with Crippen molar-refractivity contribution < 1.29 is 8.42 Å². The maximum Gasteiger partial charge on any atom is 0.213 e. The Balaban J connectivity index is 2.41. The number of nitrogens with zero attached hydrogens (tertiary/aromatic N) is 1. The highest BCUT2D eigenvalue weighted by Gasteiger charge is 2.14. The largest absolute Gasteiger partial charge is 0.261 e. The highest BCUT2D eigenvalue weighted by molar-refractivity contribution is 7.90. The average Bonchev–Trinajstić information content (AvgIpc) is 2.19. The molecule has 0 bridgehead atoms. The van der Waals surface area contributed by atoms with Crippen LogP contribution in [-0.4, -0.2) is 25.2 Å². The summed E-state index contributed by atoms with van der Waals surface area (Å²) in [6.45, 7) is 3.71. The molecule has 0 amide bonds. The van der Waals surface area contributed by atoms with Crippen molar-refractivity contribution in [1.82, 2.24) is 9.71 Å². The van der Waals surface area contributed by atoms with Gasteiger partial charge in [-0.25, -0.2) is 13.1 Å². The van der Waals surface area contributed by atoms with Crippen LogP contribution in [0.3, 0.4) is 0 Å². The highest BCUT2D eigenvalue weighted by Crippen LogP contribution is 1.97. The molecule has 0 radical (unpaired) electrons. The monoisotopic (exact) mass is 228 g/mol. The molecule has 4 nitrogen and oxygen atoms in total. The molecule has 0 aliphatic heterocycles. The summed E-state index contributed by atoms with van der Waals surface area (Å²) in [4.78, 5) is 4.11. The molecule has 0 saturated heterocycles. The molecule has 0 spiro atoms. The number of hydrogen-bond donors (Lipinski definition) is 1. The lowest BCUT2D eigenvalue weighted by Gasteiger charge is -2.08. The van der Waals surface area contributed by atoms with Crippen molar-refractivity contribution in [3.8, 4) is 0 Å². The maximum absolute atomic E-state index is 11.4. The van der Waals surface area contributed by atoms with E-state index in [9.17, 15) is 8.42 Å². The number of nitrogens with one attached hydrogen (secondary N) is 1. The van der Waals surface area contributed by atoms with Crippen LogP contribution in [0.4, 0.5) is 0 Å². The zero-order chi connectivity index (χ0) is 11.3. The third-order valence-electron chi connectivity index (χ3n) is 2.03. The van der Waals surface area contributed by atoms with E-state index in [0.717, 1.165) is 5.69 Å². The third-order valence-corrected chi connectivity index (χ3v) is 3.88. The third kappa shape index (κ3) is 3.97. The van der Waals surface area contributed by atoms with Gasteiger partial charge in [0.15, 0.2) is 0 Å². The molecule has 1 rings (SSSR count). The number of pyridine rings is 1. The smallest absolute Gasteiger partial charge is 0.213 e. The second-order valence-electron chi connectivity index (χ2n) is 3.56. The normalized spacial score (nSPS) is 11.9. The summed E-state index contributed by atoms with van der Waals surface area (Å²) in [6.07, 6.45) is 2.32. The minimum Gasteiger partial charge on any atom is -0.261 e. The van der Waals surface area contributed by atoms with Crippen molar-refractivity contribution in [2.75, 3.05) is 6.54 Å². The summed E-state index contributed by atoms with van der Waals surface area (Å²) in [5.41, 5.74) is 0.893. The van der Waals surface area contributed by atoms with Gasteiger partial charge in [-0.3, -0.25) is 4.98 Å². The minimum atomic E-state index is -3.15. The summed E-state index contributed by atoms with van der Waals surface area (Å²) in [5.74, 6) is 0. The van der Waals surface area contributed by atoms with E-state index in [2.05, 4.69) is 9.71 Å². The standard InChI is InChI=1S/C10H16N2O2S/c1-9(2)15(13,14)12-8-6-10-5-3-4-7-11-10/h3-5,7,9,12H,6,8H2,1-2H3. The molecule has 5 heteroatoms. The van der Waals surface area contributed by atoms with E-state index >= 15 is 0 Å². The molecule has 0 saturated carbocycles. The van der Waals surface area contributed by atoms with Gasteiger partial charge in [0.2, 0.25) is 10.0 Å². The van der Waals surface area contributed by atoms with E-state index in [1.807, 2.05) is 18.2 Å². The Morgan fingerprint density at radius 1 is 1.40 bits per heavy atom.